The number of aliphatic hydroxyl groups excluding tert-OH is 2. The summed E-state index contributed by atoms with van der Waals surface area (Å²) in [6.45, 7) is 1.77. The fourth-order valence-corrected chi connectivity index (χ4v) is 2.60. The second kappa shape index (κ2) is 12.6. The fourth-order valence-electron chi connectivity index (χ4n) is 2.60. The number of aromatic nitrogens is 2. The highest BCUT2D eigenvalue weighted by molar-refractivity contribution is 5.94. The number of nitrogens with two attached hydrogens (primary N) is 1. The van der Waals surface area contributed by atoms with E-state index < -0.39 is 67.0 Å². The van der Waals surface area contributed by atoms with Gasteiger partial charge in [-0.3, -0.25) is 14.4 Å². The van der Waals surface area contributed by atoms with E-state index in [1.165, 1.54) is 12.5 Å². The molecule has 1 aromatic heterocycles. The Bertz CT molecular complexity index is 742. The molecule has 13 nitrogen and oxygen atoms in total. The van der Waals surface area contributed by atoms with E-state index in [-0.39, 0.29) is 6.42 Å². The van der Waals surface area contributed by atoms with Crippen LogP contribution >= 0.6 is 0 Å². The Morgan fingerprint density at radius 2 is 1.61 bits per heavy atom. The van der Waals surface area contributed by atoms with Crippen LogP contribution in [0.3, 0.4) is 0 Å². The zero-order chi connectivity index (χ0) is 23.6. The van der Waals surface area contributed by atoms with Gasteiger partial charge in [-0.2, -0.15) is 0 Å². The van der Waals surface area contributed by atoms with Crippen molar-refractivity contribution in [1.29, 1.82) is 0 Å². The van der Waals surface area contributed by atoms with E-state index in [1.807, 2.05) is 0 Å². The van der Waals surface area contributed by atoms with Crippen molar-refractivity contribution in [3.63, 3.8) is 0 Å². The van der Waals surface area contributed by atoms with Crippen LogP contribution in [0.2, 0.25) is 0 Å². The number of imidazole rings is 1. The largest absolute Gasteiger partial charge is 0.480 e. The van der Waals surface area contributed by atoms with Crippen LogP contribution < -0.4 is 21.7 Å². The maximum absolute atomic E-state index is 12.4. The molecule has 0 saturated carbocycles. The first-order valence-electron chi connectivity index (χ1n) is 9.72. The van der Waals surface area contributed by atoms with Gasteiger partial charge in [-0.15, -0.1) is 0 Å². The standard InChI is InChI=1S/C18H30N6O7/c1-3-9(2)14(18(30)31)24-17(29)13(7-26)23-16(28)12(6-25)22-15(27)11(19)4-10-5-20-8-21-10/h5,8-9,11-14,25-26H,3-4,6-7,19H2,1-2H3,(H,20,21)(H,22,27)(H,23,28)(H,24,29)(H,30,31). The number of aliphatic carboxylic acids is 1. The molecule has 9 N–H and O–H groups in total. The molecule has 0 saturated heterocycles. The van der Waals surface area contributed by atoms with E-state index in [2.05, 4.69) is 25.9 Å². The molecule has 31 heavy (non-hydrogen) atoms. The first-order chi connectivity index (χ1) is 14.6. The summed E-state index contributed by atoms with van der Waals surface area (Å²) in [7, 11) is 0. The van der Waals surface area contributed by atoms with Crippen LogP contribution in [0.15, 0.2) is 12.5 Å². The fraction of sp³-hybridized carbons (Fsp3) is 0.611. The Morgan fingerprint density at radius 3 is 2.06 bits per heavy atom. The molecule has 5 unspecified atom stereocenters. The minimum atomic E-state index is -1.48. The Hall–Kier alpha value is -3.03. The highest BCUT2D eigenvalue weighted by atomic mass is 16.4. The number of nitrogens with one attached hydrogen (secondary N) is 4. The SMILES string of the molecule is CCC(C)C(NC(=O)C(CO)NC(=O)C(CO)NC(=O)C(N)Cc1cnc[nH]1)C(=O)O. The van der Waals surface area contributed by atoms with Gasteiger partial charge in [0.2, 0.25) is 17.7 Å². The molecule has 0 aliphatic heterocycles. The second-order valence-corrected chi connectivity index (χ2v) is 7.08. The molecular weight excluding hydrogens is 412 g/mol. The average Bonchev–Trinajstić information content (AvgIpc) is 3.25. The van der Waals surface area contributed by atoms with Gasteiger partial charge in [0.25, 0.3) is 0 Å². The normalized spacial score (nSPS) is 15.8. The Kier molecular flexibility index (Phi) is 10.6. The monoisotopic (exact) mass is 442 g/mol. The first-order valence-corrected chi connectivity index (χ1v) is 9.72. The van der Waals surface area contributed by atoms with Crippen molar-refractivity contribution in [3.8, 4) is 0 Å². The van der Waals surface area contributed by atoms with Gasteiger partial charge in [-0.1, -0.05) is 20.3 Å². The van der Waals surface area contributed by atoms with Gasteiger partial charge >= 0.3 is 5.97 Å². The van der Waals surface area contributed by atoms with Gasteiger partial charge < -0.3 is 42.0 Å². The number of rotatable bonds is 13. The summed E-state index contributed by atoms with van der Waals surface area (Å²) in [5, 5.41) is 34.9. The lowest BCUT2D eigenvalue weighted by Gasteiger charge is -2.25. The van der Waals surface area contributed by atoms with E-state index in [0.717, 1.165) is 0 Å². The molecule has 1 aromatic rings. The zero-order valence-corrected chi connectivity index (χ0v) is 17.4. The number of H-pyrrole nitrogens is 1. The molecule has 5 atom stereocenters. The van der Waals surface area contributed by atoms with E-state index >= 15 is 0 Å². The van der Waals surface area contributed by atoms with Gasteiger partial charge in [0.15, 0.2) is 0 Å². The van der Waals surface area contributed by atoms with Crippen molar-refractivity contribution in [3.05, 3.63) is 18.2 Å². The quantitative estimate of drug-likeness (QED) is 0.154. The number of carbonyl (C=O) groups is 4. The van der Waals surface area contributed by atoms with E-state index in [9.17, 15) is 34.5 Å². The van der Waals surface area contributed by atoms with Crippen molar-refractivity contribution in [2.24, 2.45) is 11.7 Å². The van der Waals surface area contributed by atoms with E-state index in [4.69, 9.17) is 5.73 Å². The molecule has 0 radical (unpaired) electrons. The number of aromatic amines is 1. The predicted octanol–water partition coefficient (Wildman–Crippen LogP) is -3.15. The van der Waals surface area contributed by atoms with Gasteiger partial charge in [0.1, 0.15) is 18.1 Å². The molecule has 0 spiro atoms. The highest BCUT2D eigenvalue weighted by Crippen LogP contribution is 2.08. The lowest BCUT2D eigenvalue weighted by atomic mass is 9.99. The summed E-state index contributed by atoms with van der Waals surface area (Å²) >= 11 is 0. The summed E-state index contributed by atoms with van der Waals surface area (Å²) in [6, 6.07) is -5.17. The molecule has 3 amide bonds. The summed E-state index contributed by atoms with van der Waals surface area (Å²) in [5.41, 5.74) is 6.38. The molecule has 0 bridgehead atoms. The molecule has 13 heteroatoms. The molecule has 1 rings (SSSR count). The zero-order valence-electron chi connectivity index (χ0n) is 17.4. The Morgan fingerprint density at radius 1 is 1.06 bits per heavy atom. The van der Waals surface area contributed by atoms with Crippen LogP contribution in [0.25, 0.3) is 0 Å². The maximum Gasteiger partial charge on any atom is 0.326 e. The molecular formula is C18H30N6O7. The maximum atomic E-state index is 12.4. The average molecular weight is 442 g/mol. The van der Waals surface area contributed by atoms with Crippen molar-refractivity contribution >= 4 is 23.7 Å². The number of carboxylic acids is 1. The van der Waals surface area contributed by atoms with Crippen molar-refractivity contribution < 1.29 is 34.5 Å². The third-order valence-electron chi connectivity index (χ3n) is 4.74. The minimum absolute atomic E-state index is 0.111. The molecule has 0 fully saturated rings. The van der Waals surface area contributed by atoms with Gasteiger partial charge in [-0.05, 0) is 5.92 Å². The van der Waals surface area contributed by atoms with Crippen molar-refractivity contribution in [1.82, 2.24) is 25.9 Å². The number of hydrogen-bond donors (Lipinski definition) is 8. The van der Waals surface area contributed by atoms with Gasteiger partial charge in [0, 0.05) is 18.3 Å². The number of amides is 3. The summed E-state index contributed by atoms with van der Waals surface area (Å²) < 4.78 is 0. The van der Waals surface area contributed by atoms with Crippen LogP contribution in [0.5, 0.6) is 0 Å². The van der Waals surface area contributed by atoms with Gasteiger partial charge in [-0.25, -0.2) is 9.78 Å². The highest BCUT2D eigenvalue weighted by Gasteiger charge is 2.31. The van der Waals surface area contributed by atoms with Gasteiger partial charge in [0.05, 0.1) is 25.6 Å². The lowest BCUT2D eigenvalue weighted by Crippen LogP contribution is -2.59. The van der Waals surface area contributed by atoms with Crippen molar-refractivity contribution in [2.45, 2.75) is 50.9 Å². The number of carbonyl (C=O) groups excluding carboxylic acids is 3. The molecule has 174 valence electrons. The predicted molar refractivity (Wildman–Crippen MR) is 107 cm³/mol. The summed E-state index contributed by atoms with van der Waals surface area (Å²) in [5.74, 6) is -4.23. The number of aliphatic hydroxyl groups is 2. The first kappa shape index (κ1) is 26.0. The van der Waals surface area contributed by atoms with Crippen LogP contribution in [0, 0.1) is 5.92 Å². The third kappa shape index (κ3) is 7.96. The summed E-state index contributed by atoms with van der Waals surface area (Å²) in [4.78, 5) is 54.9. The third-order valence-corrected chi connectivity index (χ3v) is 4.74. The van der Waals surface area contributed by atoms with Crippen LogP contribution in [-0.4, -0.2) is 86.4 Å². The molecule has 0 aliphatic rings. The van der Waals surface area contributed by atoms with Crippen LogP contribution in [0.1, 0.15) is 26.0 Å². The van der Waals surface area contributed by atoms with Crippen molar-refractivity contribution in [2.75, 3.05) is 13.2 Å². The molecule has 1 heterocycles. The number of nitrogens with zero attached hydrogens (tertiary/aromatic N) is 1. The Labute approximate surface area is 178 Å². The van der Waals surface area contributed by atoms with E-state index in [1.54, 1.807) is 13.8 Å². The second-order valence-electron chi connectivity index (χ2n) is 7.08. The van der Waals surface area contributed by atoms with Crippen LogP contribution in [0.4, 0.5) is 0 Å². The summed E-state index contributed by atoms with van der Waals surface area (Å²) in [6.07, 6.45) is 3.49. The Balaban J connectivity index is 2.71. The van der Waals surface area contributed by atoms with E-state index in [0.29, 0.717) is 12.1 Å². The minimum Gasteiger partial charge on any atom is -0.480 e. The molecule has 0 aliphatic carbocycles. The lowest BCUT2D eigenvalue weighted by molar-refractivity contribution is -0.144. The smallest absolute Gasteiger partial charge is 0.326 e. The molecule has 0 aromatic carbocycles. The number of hydrogen-bond acceptors (Lipinski definition) is 8. The number of carboxylic acid groups (broad SMARTS) is 1. The topological polar surface area (TPSA) is 220 Å². The van der Waals surface area contributed by atoms with Crippen LogP contribution in [-0.2, 0) is 25.6 Å².